The molecule has 0 aliphatic carbocycles. The van der Waals surface area contributed by atoms with Crippen molar-refractivity contribution in [1.82, 2.24) is 0 Å². The Balaban J connectivity index is 3.49. The Labute approximate surface area is 147 Å². The Bertz CT molecular complexity index is 462. The molecule has 0 spiro atoms. The molecular formula is C22H32O2. The predicted octanol–water partition coefficient (Wildman–Crippen LogP) is 6.55. The second kappa shape index (κ2) is 19.0. The van der Waals surface area contributed by atoms with E-state index in [0.29, 0.717) is 0 Å². The van der Waals surface area contributed by atoms with E-state index < -0.39 is 5.97 Å². The smallest absolute Gasteiger partial charge is 0.303 e. The highest BCUT2D eigenvalue weighted by atomic mass is 16.4. The molecule has 0 radical (unpaired) electrons. The molecule has 0 aliphatic rings. The van der Waals surface area contributed by atoms with Crippen LogP contribution in [0.2, 0.25) is 0 Å². The molecule has 0 bridgehead atoms. The molecule has 2 nitrogen and oxygen atoms in total. The number of aliphatic carboxylic acids is 1. The first kappa shape index (κ1) is 21.9. The largest absolute Gasteiger partial charge is 0.481 e. The molecule has 0 heterocycles. The van der Waals surface area contributed by atoms with Gasteiger partial charge in [-0.05, 0) is 51.9 Å². The highest BCUT2D eigenvalue weighted by molar-refractivity contribution is 5.66. The summed E-state index contributed by atoms with van der Waals surface area (Å²) >= 11 is 0. The van der Waals surface area contributed by atoms with Gasteiger partial charge < -0.3 is 5.11 Å². The molecule has 0 rings (SSSR count). The number of carboxylic acids is 1. The monoisotopic (exact) mass is 328 g/mol. The highest BCUT2D eigenvalue weighted by Crippen LogP contribution is 1.99. The Morgan fingerprint density at radius 1 is 0.667 bits per heavy atom. The second-order valence-electron chi connectivity index (χ2n) is 5.39. The standard InChI is InChI=1S/C22H32O2/c1-2-3-4-5-6-7-8-9-10-11-12-13-14-15-16-17-18-19-20-21-22(23)24/h2-3,5-6,8-9,11-12,14-15,17-18H,4,7,10,13,16,19-21H2,1H3,(H,23,24). The minimum absolute atomic E-state index is 0.256. The minimum Gasteiger partial charge on any atom is -0.481 e. The molecule has 2 heteroatoms. The van der Waals surface area contributed by atoms with Crippen LogP contribution in [0.4, 0.5) is 0 Å². The first-order chi connectivity index (χ1) is 11.8. The molecule has 0 aliphatic heterocycles. The average Bonchev–Trinajstić information content (AvgIpc) is 2.56. The van der Waals surface area contributed by atoms with Gasteiger partial charge in [-0.3, -0.25) is 4.79 Å². The summed E-state index contributed by atoms with van der Waals surface area (Å²) in [6.07, 6.45) is 32.5. The zero-order valence-electron chi connectivity index (χ0n) is 14.9. The molecule has 0 unspecified atom stereocenters. The van der Waals surface area contributed by atoms with Gasteiger partial charge in [-0.2, -0.15) is 0 Å². The molecule has 132 valence electrons. The van der Waals surface area contributed by atoms with Gasteiger partial charge in [0.15, 0.2) is 0 Å². The third-order valence-corrected chi connectivity index (χ3v) is 3.19. The van der Waals surface area contributed by atoms with Crippen LogP contribution in [-0.4, -0.2) is 11.1 Å². The topological polar surface area (TPSA) is 37.3 Å². The van der Waals surface area contributed by atoms with Crippen LogP contribution in [0.25, 0.3) is 0 Å². The first-order valence-corrected chi connectivity index (χ1v) is 8.85. The van der Waals surface area contributed by atoms with Crippen molar-refractivity contribution >= 4 is 5.97 Å². The number of hydrogen-bond acceptors (Lipinski definition) is 1. The van der Waals surface area contributed by atoms with E-state index in [1.807, 2.05) is 6.92 Å². The van der Waals surface area contributed by atoms with Gasteiger partial charge in [0.25, 0.3) is 0 Å². The summed E-state index contributed by atoms with van der Waals surface area (Å²) in [6.45, 7) is 2.04. The van der Waals surface area contributed by atoms with Gasteiger partial charge in [0.1, 0.15) is 0 Å². The van der Waals surface area contributed by atoms with E-state index in [9.17, 15) is 4.79 Å². The lowest BCUT2D eigenvalue weighted by Crippen LogP contribution is -1.92. The van der Waals surface area contributed by atoms with E-state index in [0.717, 1.165) is 44.9 Å². The maximum absolute atomic E-state index is 10.3. The number of unbranched alkanes of at least 4 members (excludes halogenated alkanes) is 1. The molecule has 0 aromatic carbocycles. The normalized spacial score (nSPS) is 13.0. The summed E-state index contributed by atoms with van der Waals surface area (Å²) in [6, 6.07) is 0. The molecule has 0 amide bonds. The van der Waals surface area contributed by atoms with E-state index in [-0.39, 0.29) is 6.42 Å². The summed E-state index contributed by atoms with van der Waals surface area (Å²) in [5, 5.41) is 8.51. The van der Waals surface area contributed by atoms with Gasteiger partial charge in [-0.1, -0.05) is 72.9 Å². The molecule has 0 aromatic rings. The SMILES string of the molecule is CC=CCC=CCC=CCC=CCC=CCC=CCCCC(=O)O. The lowest BCUT2D eigenvalue weighted by Gasteiger charge is -1.89. The average molecular weight is 328 g/mol. The van der Waals surface area contributed by atoms with Crippen molar-refractivity contribution in [2.45, 2.75) is 58.3 Å². The number of hydrogen-bond donors (Lipinski definition) is 1. The van der Waals surface area contributed by atoms with Crippen LogP contribution in [0, 0.1) is 0 Å². The van der Waals surface area contributed by atoms with Crippen LogP contribution in [0.1, 0.15) is 58.3 Å². The van der Waals surface area contributed by atoms with Gasteiger partial charge in [-0.25, -0.2) is 0 Å². The third kappa shape index (κ3) is 19.9. The molecule has 0 saturated carbocycles. The van der Waals surface area contributed by atoms with Crippen LogP contribution >= 0.6 is 0 Å². The Kier molecular flexibility index (Phi) is 17.3. The third-order valence-electron chi connectivity index (χ3n) is 3.19. The van der Waals surface area contributed by atoms with Crippen molar-refractivity contribution in [1.29, 1.82) is 0 Å². The summed E-state index contributed by atoms with van der Waals surface area (Å²) in [5.41, 5.74) is 0. The van der Waals surface area contributed by atoms with Crippen molar-refractivity contribution in [3.8, 4) is 0 Å². The lowest BCUT2D eigenvalue weighted by molar-refractivity contribution is -0.137. The molecule has 0 saturated heterocycles. The van der Waals surface area contributed by atoms with Gasteiger partial charge >= 0.3 is 5.97 Å². The van der Waals surface area contributed by atoms with Crippen LogP contribution in [0.3, 0.4) is 0 Å². The van der Waals surface area contributed by atoms with Crippen molar-refractivity contribution in [2.24, 2.45) is 0 Å². The van der Waals surface area contributed by atoms with E-state index in [2.05, 4.69) is 72.9 Å². The van der Waals surface area contributed by atoms with Crippen LogP contribution in [0.15, 0.2) is 72.9 Å². The second-order valence-corrected chi connectivity index (χ2v) is 5.39. The van der Waals surface area contributed by atoms with Crippen molar-refractivity contribution in [2.75, 3.05) is 0 Å². The molecule has 1 N–H and O–H groups in total. The van der Waals surface area contributed by atoms with Gasteiger partial charge in [-0.15, -0.1) is 0 Å². The number of carbonyl (C=O) groups is 1. The zero-order valence-corrected chi connectivity index (χ0v) is 14.9. The molecule has 0 aromatic heterocycles. The van der Waals surface area contributed by atoms with Crippen LogP contribution in [0.5, 0.6) is 0 Å². The number of allylic oxidation sites excluding steroid dienone is 12. The van der Waals surface area contributed by atoms with E-state index >= 15 is 0 Å². The van der Waals surface area contributed by atoms with Gasteiger partial charge in [0, 0.05) is 6.42 Å². The maximum atomic E-state index is 10.3. The van der Waals surface area contributed by atoms with E-state index in [4.69, 9.17) is 5.11 Å². The summed E-state index contributed by atoms with van der Waals surface area (Å²) in [4.78, 5) is 10.3. The van der Waals surface area contributed by atoms with Crippen LogP contribution in [-0.2, 0) is 4.79 Å². The Morgan fingerprint density at radius 3 is 1.42 bits per heavy atom. The molecule has 0 fully saturated rings. The maximum Gasteiger partial charge on any atom is 0.303 e. The quantitative estimate of drug-likeness (QED) is 0.290. The fraction of sp³-hybridized carbons (Fsp3) is 0.409. The van der Waals surface area contributed by atoms with Crippen LogP contribution < -0.4 is 0 Å². The molecular weight excluding hydrogens is 296 g/mol. The minimum atomic E-state index is -0.717. The number of carboxylic acid groups (broad SMARTS) is 1. The summed E-state index contributed by atoms with van der Waals surface area (Å²) in [5.74, 6) is -0.717. The summed E-state index contributed by atoms with van der Waals surface area (Å²) < 4.78 is 0. The van der Waals surface area contributed by atoms with Crippen molar-refractivity contribution in [3.63, 3.8) is 0 Å². The Morgan fingerprint density at radius 2 is 1.04 bits per heavy atom. The van der Waals surface area contributed by atoms with E-state index in [1.54, 1.807) is 0 Å². The molecule has 0 atom stereocenters. The highest BCUT2D eigenvalue weighted by Gasteiger charge is 1.92. The zero-order chi connectivity index (χ0) is 17.7. The van der Waals surface area contributed by atoms with Gasteiger partial charge in [0.05, 0.1) is 0 Å². The lowest BCUT2D eigenvalue weighted by atomic mass is 10.2. The predicted molar refractivity (Wildman–Crippen MR) is 105 cm³/mol. The van der Waals surface area contributed by atoms with Gasteiger partial charge in [0.2, 0.25) is 0 Å². The van der Waals surface area contributed by atoms with Crippen molar-refractivity contribution in [3.05, 3.63) is 72.9 Å². The first-order valence-electron chi connectivity index (χ1n) is 8.85. The molecule has 24 heavy (non-hydrogen) atoms. The Hall–Kier alpha value is -2.09. The fourth-order valence-electron chi connectivity index (χ4n) is 1.88. The van der Waals surface area contributed by atoms with Crippen molar-refractivity contribution < 1.29 is 9.90 Å². The fourth-order valence-corrected chi connectivity index (χ4v) is 1.88. The van der Waals surface area contributed by atoms with E-state index in [1.165, 1.54) is 0 Å². The number of rotatable bonds is 14. The summed E-state index contributed by atoms with van der Waals surface area (Å²) in [7, 11) is 0.